The standard InChI is InChI=1S/C19H10ClF7N2O3/c1-29(10-4-2-9(21)3-5-10)17(30)32-16-12(19(25,26)27)6-11(18(22,23)24)15(20)14(16)13-7-28-8-31-13/h2-8H,1H3. The molecule has 0 saturated carbocycles. The van der Waals surface area contributed by atoms with Crippen molar-refractivity contribution in [1.82, 2.24) is 4.98 Å². The first-order valence-electron chi connectivity index (χ1n) is 8.41. The third kappa shape index (κ3) is 4.64. The minimum absolute atomic E-state index is 0.0317. The summed E-state index contributed by atoms with van der Waals surface area (Å²) in [4.78, 5) is 16.7. The molecule has 1 heterocycles. The van der Waals surface area contributed by atoms with Gasteiger partial charge in [0.1, 0.15) is 5.82 Å². The van der Waals surface area contributed by atoms with Gasteiger partial charge in [0.2, 0.25) is 0 Å². The summed E-state index contributed by atoms with van der Waals surface area (Å²) in [5.41, 5.74) is -4.66. The summed E-state index contributed by atoms with van der Waals surface area (Å²) in [6.07, 6.45) is -10.5. The van der Waals surface area contributed by atoms with Gasteiger partial charge in [-0.2, -0.15) is 26.3 Å². The fourth-order valence-corrected chi connectivity index (χ4v) is 2.99. The van der Waals surface area contributed by atoms with Crippen molar-refractivity contribution in [2.75, 3.05) is 11.9 Å². The van der Waals surface area contributed by atoms with Crippen LogP contribution in [0.2, 0.25) is 5.02 Å². The fraction of sp³-hybridized carbons (Fsp3) is 0.158. The molecule has 0 atom stereocenters. The first kappa shape index (κ1) is 23.4. The van der Waals surface area contributed by atoms with Crippen LogP contribution in [0.5, 0.6) is 5.75 Å². The first-order chi connectivity index (χ1) is 14.8. The number of carbonyl (C=O) groups is 1. The van der Waals surface area contributed by atoms with Crippen molar-refractivity contribution in [2.45, 2.75) is 12.4 Å². The normalized spacial score (nSPS) is 12.0. The lowest BCUT2D eigenvalue weighted by Gasteiger charge is -2.22. The second-order valence-corrected chi connectivity index (χ2v) is 6.63. The summed E-state index contributed by atoms with van der Waals surface area (Å²) in [6.45, 7) is 0. The van der Waals surface area contributed by atoms with Gasteiger partial charge in [-0.05, 0) is 30.3 Å². The van der Waals surface area contributed by atoms with E-state index in [4.69, 9.17) is 20.8 Å². The van der Waals surface area contributed by atoms with Gasteiger partial charge >= 0.3 is 18.4 Å². The fourth-order valence-electron chi connectivity index (χ4n) is 2.65. The zero-order valence-corrected chi connectivity index (χ0v) is 16.4. The highest BCUT2D eigenvalue weighted by Crippen LogP contribution is 2.50. The van der Waals surface area contributed by atoms with Crippen molar-refractivity contribution in [3.05, 3.63) is 64.9 Å². The number of oxazole rings is 1. The molecule has 32 heavy (non-hydrogen) atoms. The average molecular weight is 483 g/mol. The number of anilines is 1. The zero-order valence-electron chi connectivity index (χ0n) is 15.7. The van der Waals surface area contributed by atoms with Crippen molar-refractivity contribution in [2.24, 2.45) is 0 Å². The van der Waals surface area contributed by atoms with Crippen LogP contribution in [0.4, 0.5) is 41.2 Å². The highest BCUT2D eigenvalue weighted by Gasteiger charge is 2.44. The van der Waals surface area contributed by atoms with Gasteiger partial charge in [0.25, 0.3) is 0 Å². The third-order valence-electron chi connectivity index (χ3n) is 4.18. The first-order valence-corrected chi connectivity index (χ1v) is 8.79. The molecule has 1 aromatic heterocycles. The van der Waals surface area contributed by atoms with E-state index in [0.29, 0.717) is 0 Å². The van der Waals surface area contributed by atoms with Gasteiger partial charge in [-0.15, -0.1) is 0 Å². The molecule has 0 spiro atoms. The van der Waals surface area contributed by atoms with E-state index in [2.05, 4.69) is 4.98 Å². The molecule has 170 valence electrons. The maximum atomic E-state index is 13.7. The van der Waals surface area contributed by atoms with E-state index < -0.39 is 57.5 Å². The third-order valence-corrected chi connectivity index (χ3v) is 4.58. The van der Waals surface area contributed by atoms with E-state index in [1.165, 1.54) is 0 Å². The van der Waals surface area contributed by atoms with Crippen LogP contribution in [0.15, 0.2) is 47.3 Å². The number of benzene rings is 2. The van der Waals surface area contributed by atoms with Crippen LogP contribution in [0.25, 0.3) is 11.3 Å². The second kappa shape index (κ2) is 8.34. The molecule has 0 aliphatic carbocycles. The monoisotopic (exact) mass is 482 g/mol. The van der Waals surface area contributed by atoms with Gasteiger partial charge in [-0.1, -0.05) is 11.6 Å². The smallest absolute Gasteiger partial charge is 0.420 e. The molecule has 0 bridgehead atoms. The van der Waals surface area contributed by atoms with Gasteiger partial charge < -0.3 is 9.15 Å². The molecular weight excluding hydrogens is 473 g/mol. The van der Waals surface area contributed by atoms with E-state index in [1.807, 2.05) is 0 Å². The van der Waals surface area contributed by atoms with E-state index in [1.54, 1.807) is 0 Å². The second-order valence-electron chi connectivity index (χ2n) is 6.25. The Bertz CT molecular complexity index is 1130. The van der Waals surface area contributed by atoms with E-state index >= 15 is 0 Å². The topological polar surface area (TPSA) is 55.6 Å². The molecule has 2 aromatic carbocycles. The highest BCUT2D eigenvalue weighted by molar-refractivity contribution is 6.34. The highest BCUT2D eigenvalue weighted by atomic mass is 35.5. The summed E-state index contributed by atoms with van der Waals surface area (Å²) in [7, 11) is 1.10. The van der Waals surface area contributed by atoms with Crippen LogP contribution in [-0.4, -0.2) is 18.1 Å². The van der Waals surface area contributed by atoms with Gasteiger partial charge in [0.05, 0.1) is 27.9 Å². The Morgan fingerprint density at radius 1 is 1.06 bits per heavy atom. The Morgan fingerprint density at radius 3 is 2.16 bits per heavy atom. The largest absolute Gasteiger partial charge is 0.443 e. The molecule has 0 saturated heterocycles. The van der Waals surface area contributed by atoms with Crippen LogP contribution in [0.1, 0.15) is 11.1 Å². The molecule has 0 fully saturated rings. The van der Waals surface area contributed by atoms with Crippen LogP contribution in [-0.2, 0) is 12.4 Å². The molecule has 0 unspecified atom stereocenters. The number of nitrogens with zero attached hydrogens (tertiary/aromatic N) is 2. The summed E-state index contributed by atoms with van der Waals surface area (Å²) >= 11 is 5.79. The van der Waals surface area contributed by atoms with Gasteiger partial charge in [-0.25, -0.2) is 14.2 Å². The lowest BCUT2D eigenvalue weighted by molar-refractivity contribution is -0.143. The molecule has 0 aliphatic heterocycles. The molecule has 13 heteroatoms. The van der Waals surface area contributed by atoms with Crippen molar-refractivity contribution in [1.29, 1.82) is 0 Å². The minimum Gasteiger partial charge on any atom is -0.443 e. The Balaban J connectivity index is 2.20. The molecule has 0 aliphatic rings. The van der Waals surface area contributed by atoms with Crippen LogP contribution >= 0.6 is 11.6 Å². The number of hydrogen-bond acceptors (Lipinski definition) is 4. The van der Waals surface area contributed by atoms with Crippen molar-refractivity contribution in [3.63, 3.8) is 0 Å². The number of rotatable bonds is 3. The van der Waals surface area contributed by atoms with Crippen LogP contribution in [0, 0.1) is 5.82 Å². The Hall–Kier alpha value is -3.28. The zero-order chi connectivity index (χ0) is 23.8. The SMILES string of the molecule is CN(C(=O)Oc1c(C(F)(F)F)cc(C(F)(F)F)c(Cl)c1-c1cnco1)c1ccc(F)cc1. The van der Waals surface area contributed by atoms with Crippen molar-refractivity contribution < 1.29 is 44.7 Å². The number of ether oxygens (including phenoxy) is 1. The molecule has 3 rings (SSSR count). The van der Waals surface area contributed by atoms with Crippen LogP contribution < -0.4 is 9.64 Å². The minimum atomic E-state index is -5.37. The van der Waals surface area contributed by atoms with Gasteiger partial charge in [0.15, 0.2) is 17.9 Å². The summed E-state index contributed by atoms with van der Waals surface area (Å²) in [6, 6.07) is 3.98. The summed E-state index contributed by atoms with van der Waals surface area (Å²) in [5, 5.41) is -1.19. The number of amides is 1. The van der Waals surface area contributed by atoms with E-state index in [0.717, 1.165) is 48.8 Å². The maximum Gasteiger partial charge on any atom is 0.420 e. The maximum absolute atomic E-state index is 13.7. The van der Waals surface area contributed by atoms with Crippen molar-refractivity contribution in [3.8, 4) is 17.1 Å². The van der Waals surface area contributed by atoms with Crippen molar-refractivity contribution >= 4 is 23.4 Å². The Morgan fingerprint density at radius 2 is 1.66 bits per heavy atom. The number of halogens is 8. The van der Waals surface area contributed by atoms with E-state index in [9.17, 15) is 35.5 Å². The van der Waals surface area contributed by atoms with Gasteiger partial charge in [-0.3, -0.25) is 4.90 Å². The molecular formula is C19H10ClF7N2O3. The molecule has 1 amide bonds. The van der Waals surface area contributed by atoms with E-state index in [-0.39, 0.29) is 11.8 Å². The molecule has 0 radical (unpaired) electrons. The quantitative estimate of drug-likeness (QED) is 0.385. The lowest BCUT2D eigenvalue weighted by Crippen LogP contribution is -2.30. The molecule has 5 nitrogen and oxygen atoms in total. The Labute approximate surface area is 180 Å². The predicted octanol–water partition coefficient (Wildman–Crippen LogP) is 6.81. The van der Waals surface area contributed by atoms with Gasteiger partial charge in [0, 0.05) is 12.7 Å². The lowest BCUT2D eigenvalue weighted by atomic mass is 10.0. The molecule has 3 aromatic rings. The summed E-state index contributed by atoms with van der Waals surface area (Å²) in [5.74, 6) is -2.55. The predicted molar refractivity (Wildman–Crippen MR) is 97.8 cm³/mol. The van der Waals surface area contributed by atoms with Crippen LogP contribution in [0.3, 0.4) is 0 Å². The number of alkyl halides is 6. The number of hydrogen-bond donors (Lipinski definition) is 0. The summed E-state index contributed by atoms with van der Waals surface area (Å²) < 4.78 is 104. The number of aromatic nitrogens is 1. The average Bonchev–Trinajstić information content (AvgIpc) is 3.20. The number of carbonyl (C=O) groups excluding carboxylic acids is 1. The molecule has 0 N–H and O–H groups in total. The Kier molecular flexibility index (Phi) is 6.09.